The molecule has 5 nitrogen and oxygen atoms in total. The van der Waals surface area contributed by atoms with Crippen molar-refractivity contribution in [3.8, 4) is 22.5 Å². The maximum absolute atomic E-state index is 13.1. The van der Waals surface area contributed by atoms with Gasteiger partial charge in [-0.15, -0.1) is 0 Å². The molecule has 1 fully saturated rings. The van der Waals surface area contributed by atoms with E-state index >= 15 is 0 Å². The molecule has 0 saturated carbocycles. The summed E-state index contributed by atoms with van der Waals surface area (Å²) in [5.41, 5.74) is 6.67. The van der Waals surface area contributed by atoms with Gasteiger partial charge in [-0.3, -0.25) is 4.79 Å². The van der Waals surface area contributed by atoms with Gasteiger partial charge in [0.15, 0.2) is 0 Å². The van der Waals surface area contributed by atoms with Crippen molar-refractivity contribution < 1.29 is 4.79 Å². The van der Waals surface area contributed by atoms with E-state index in [9.17, 15) is 4.79 Å². The van der Waals surface area contributed by atoms with Gasteiger partial charge in [0.25, 0.3) is 5.91 Å². The number of benzene rings is 4. The van der Waals surface area contributed by atoms with E-state index in [0.717, 1.165) is 52.1 Å². The minimum atomic E-state index is -0.400. The summed E-state index contributed by atoms with van der Waals surface area (Å²) in [4.78, 5) is 23.1. The van der Waals surface area contributed by atoms with Crippen LogP contribution in [0.4, 0.5) is 0 Å². The molecular weight excluding hydrogens is 527 g/mol. The zero-order valence-corrected chi connectivity index (χ0v) is 22.6. The largest absolute Gasteiger partial charge is 0.345 e. The molecular formula is C32H26Cl2N4O. The molecule has 39 heavy (non-hydrogen) atoms. The fourth-order valence-corrected chi connectivity index (χ4v) is 5.46. The van der Waals surface area contributed by atoms with Crippen LogP contribution in [0.3, 0.4) is 0 Å². The van der Waals surface area contributed by atoms with Crippen molar-refractivity contribution in [1.29, 1.82) is 0 Å². The molecule has 6 rings (SSSR count). The van der Waals surface area contributed by atoms with Gasteiger partial charge in [-0.2, -0.15) is 0 Å². The number of aromatic nitrogens is 2. The van der Waals surface area contributed by atoms with Crippen LogP contribution in [0.15, 0.2) is 97.1 Å². The van der Waals surface area contributed by atoms with Crippen molar-refractivity contribution >= 4 is 40.1 Å². The van der Waals surface area contributed by atoms with E-state index in [1.54, 1.807) is 18.2 Å². The second-order valence-electron chi connectivity index (χ2n) is 9.94. The standard InChI is InChI=1S/C32H26Cl2N4O/c33-25-15-14-24(18-26(25)34)31(39)38-32(16-17-35-20-32)19-21-10-12-23(13-11-21)30-29(22-6-2-1-3-7-22)36-27-8-4-5-9-28(27)37-30/h1-15,18,35H,16-17,19-20H2,(H,38,39)/t32-/m0/s1. The number of amides is 1. The van der Waals surface area contributed by atoms with Gasteiger partial charge in [-0.1, -0.05) is 89.9 Å². The predicted octanol–water partition coefficient (Wildman–Crippen LogP) is 6.98. The summed E-state index contributed by atoms with van der Waals surface area (Å²) < 4.78 is 0. The SMILES string of the molecule is O=C(N[C@]1(Cc2ccc(-c3nc4ccccc4nc3-c3ccccc3)cc2)CCNC1)c1ccc(Cl)c(Cl)c1. The number of rotatable bonds is 6. The van der Waals surface area contributed by atoms with Crippen LogP contribution in [0.5, 0.6) is 0 Å². The van der Waals surface area contributed by atoms with Crippen molar-refractivity contribution in [2.45, 2.75) is 18.4 Å². The fourth-order valence-electron chi connectivity index (χ4n) is 5.17. The summed E-state index contributed by atoms with van der Waals surface area (Å²) in [6.45, 7) is 1.53. The van der Waals surface area contributed by atoms with Crippen LogP contribution >= 0.6 is 23.2 Å². The molecule has 2 N–H and O–H groups in total. The summed E-state index contributed by atoms with van der Waals surface area (Å²) in [6.07, 6.45) is 1.53. The van der Waals surface area contributed by atoms with Gasteiger partial charge >= 0.3 is 0 Å². The van der Waals surface area contributed by atoms with Crippen LogP contribution in [0.2, 0.25) is 10.0 Å². The van der Waals surface area contributed by atoms with E-state index in [4.69, 9.17) is 33.2 Å². The number of hydrogen-bond donors (Lipinski definition) is 2. The topological polar surface area (TPSA) is 66.9 Å². The molecule has 1 aromatic heterocycles. The fraction of sp³-hybridized carbons (Fsp3) is 0.156. The van der Waals surface area contributed by atoms with Crippen LogP contribution < -0.4 is 10.6 Å². The molecule has 1 amide bonds. The zero-order chi connectivity index (χ0) is 26.8. The van der Waals surface area contributed by atoms with Crippen molar-refractivity contribution in [3.63, 3.8) is 0 Å². The number of fused-ring (bicyclic) bond motifs is 1. The molecule has 194 valence electrons. The van der Waals surface area contributed by atoms with E-state index in [1.165, 1.54) is 0 Å². The van der Waals surface area contributed by atoms with Gasteiger partial charge < -0.3 is 10.6 Å². The third-order valence-electron chi connectivity index (χ3n) is 7.19. The van der Waals surface area contributed by atoms with Gasteiger partial charge in [-0.05, 0) is 55.3 Å². The molecule has 0 spiro atoms. The highest BCUT2D eigenvalue weighted by Crippen LogP contribution is 2.32. The Morgan fingerprint density at radius 3 is 2.05 bits per heavy atom. The van der Waals surface area contributed by atoms with Crippen molar-refractivity contribution in [1.82, 2.24) is 20.6 Å². The Morgan fingerprint density at radius 2 is 1.44 bits per heavy atom. The second-order valence-corrected chi connectivity index (χ2v) is 10.8. The smallest absolute Gasteiger partial charge is 0.251 e. The van der Waals surface area contributed by atoms with Crippen LogP contribution in [0.25, 0.3) is 33.5 Å². The monoisotopic (exact) mass is 552 g/mol. The average molecular weight is 553 g/mol. The maximum atomic E-state index is 13.1. The summed E-state index contributed by atoms with van der Waals surface area (Å²) in [5.74, 6) is -0.159. The maximum Gasteiger partial charge on any atom is 0.251 e. The van der Waals surface area contributed by atoms with Gasteiger partial charge in [0, 0.05) is 23.2 Å². The third kappa shape index (κ3) is 5.39. The molecule has 5 aromatic rings. The highest BCUT2D eigenvalue weighted by atomic mass is 35.5. The molecule has 1 saturated heterocycles. The summed E-state index contributed by atoms with van der Waals surface area (Å²) in [5, 5.41) is 7.48. The van der Waals surface area contributed by atoms with Crippen LogP contribution in [0.1, 0.15) is 22.3 Å². The number of nitrogens with one attached hydrogen (secondary N) is 2. The van der Waals surface area contributed by atoms with E-state index < -0.39 is 5.54 Å². The molecule has 1 aliphatic heterocycles. The lowest BCUT2D eigenvalue weighted by atomic mass is 9.88. The quantitative estimate of drug-likeness (QED) is 0.238. The first-order chi connectivity index (χ1) is 19.0. The second kappa shape index (κ2) is 10.8. The number of carbonyl (C=O) groups is 1. The molecule has 7 heteroatoms. The van der Waals surface area contributed by atoms with Crippen molar-refractivity contribution in [3.05, 3.63) is 118 Å². The number of halogens is 2. The van der Waals surface area contributed by atoms with Gasteiger partial charge in [0.1, 0.15) is 0 Å². The Bertz CT molecular complexity index is 1650. The Balaban J connectivity index is 1.29. The van der Waals surface area contributed by atoms with Gasteiger partial charge in [0.2, 0.25) is 0 Å². The third-order valence-corrected chi connectivity index (χ3v) is 7.93. The molecule has 0 radical (unpaired) electrons. The highest BCUT2D eigenvalue weighted by molar-refractivity contribution is 6.42. The molecule has 0 bridgehead atoms. The van der Waals surface area contributed by atoms with Gasteiger partial charge in [0.05, 0.1) is 38.0 Å². The molecule has 1 atom stereocenters. The number of carbonyl (C=O) groups excluding carboxylic acids is 1. The summed E-state index contributed by atoms with van der Waals surface area (Å²) in [6, 6.07) is 31.5. The lowest BCUT2D eigenvalue weighted by Gasteiger charge is -2.30. The summed E-state index contributed by atoms with van der Waals surface area (Å²) >= 11 is 12.2. The summed E-state index contributed by atoms with van der Waals surface area (Å²) in [7, 11) is 0. The van der Waals surface area contributed by atoms with E-state index in [-0.39, 0.29) is 5.91 Å². The Hall–Kier alpha value is -3.77. The van der Waals surface area contributed by atoms with E-state index in [0.29, 0.717) is 28.6 Å². The number of nitrogens with zero attached hydrogens (tertiary/aromatic N) is 2. The van der Waals surface area contributed by atoms with Crippen LogP contribution in [-0.2, 0) is 6.42 Å². The first kappa shape index (κ1) is 25.5. The average Bonchev–Trinajstić information content (AvgIpc) is 3.42. The predicted molar refractivity (Wildman–Crippen MR) is 158 cm³/mol. The van der Waals surface area contributed by atoms with Crippen LogP contribution in [-0.4, -0.2) is 34.5 Å². The molecule has 0 unspecified atom stereocenters. The normalized spacial score (nSPS) is 16.9. The van der Waals surface area contributed by atoms with Gasteiger partial charge in [-0.25, -0.2) is 9.97 Å². The minimum absolute atomic E-state index is 0.159. The number of para-hydroxylation sites is 2. The Morgan fingerprint density at radius 1 is 0.795 bits per heavy atom. The first-order valence-corrected chi connectivity index (χ1v) is 13.7. The molecule has 1 aliphatic rings. The highest BCUT2D eigenvalue weighted by Gasteiger charge is 2.35. The Kier molecular flexibility index (Phi) is 7.05. The molecule has 2 heterocycles. The number of hydrogen-bond acceptors (Lipinski definition) is 4. The first-order valence-electron chi connectivity index (χ1n) is 12.9. The van der Waals surface area contributed by atoms with Crippen molar-refractivity contribution in [2.24, 2.45) is 0 Å². The lowest BCUT2D eigenvalue weighted by Crippen LogP contribution is -2.51. The van der Waals surface area contributed by atoms with E-state index in [1.807, 2.05) is 42.5 Å². The zero-order valence-electron chi connectivity index (χ0n) is 21.1. The molecule has 0 aliphatic carbocycles. The van der Waals surface area contributed by atoms with E-state index in [2.05, 4.69) is 47.0 Å². The minimum Gasteiger partial charge on any atom is -0.345 e. The Labute approximate surface area is 237 Å². The van der Waals surface area contributed by atoms with Crippen molar-refractivity contribution in [2.75, 3.05) is 13.1 Å². The molecule has 4 aromatic carbocycles. The lowest BCUT2D eigenvalue weighted by molar-refractivity contribution is 0.0905. The van der Waals surface area contributed by atoms with Crippen LogP contribution in [0, 0.1) is 0 Å².